The molecule has 0 bridgehead atoms. The van der Waals surface area contributed by atoms with Gasteiger partial charge in [-0.2, -0.15) is 0 Å². The Kier molecular flexibility index (Phi) is 3.10. The molecule has 2 fully saturated rings. The smallest absolute Gasteiger partial charge is 0.147 e. The van der Waals surface area contributed by atoms with Crippen LogP contribution < -0.4 is 0 Å². The molecule has 2 aliphatic rings. The number of methoxy groups -OCH3 is 1. The third-order valence-corrected chi connectivity index (χ3v) is 3.59. The van der Waals surface area contributed by atoms with Crippen molar-refractivity contribution in [3.05, 3.63) is 0 Å². The Bertz CT molecular complexity index is 193. The molecule has 0 amide bonds. The molecule has 1 saturated heterocycles. The number of rotatable bonds is 2. The molecule has 1 heterocycles. The van der Waals surface area contributed by atoms with Gasteiger partial charge in [-0.05, 0) is 24.7 Å². The first-order valence-corrected chi connectivity index (χ1v) is 5.48. The van der Waals surface area contributed by atoms with Crippen LogP contribution in [0.5, 0.6) is 0 Å². The van der Waals surface area contributed by atoms with Crippen LogP contribution in [-0.4, -0.2) is 32.2 Å². The van der Waals surface area contributed by atoms with E-state index in [1.54, 1.807) is 7.11 Å². The first-order chi connectivity index (χ1) is 6.72. The van der Waals surface area contributed by atoms with Gasteiger partial charge in [0.2, 0.25) is 0 Å². The zero-order valence-corrected chi connectivity index (χ0v) is 9.23. The molecular weight excluding hydrogens is 180 g/mol. The molecule has 0 aromatic carbocycles. The first-order valence-electron chi connectivity index (χ1n) is 5.48. The minimum Gasteiger partial charge on any atom is -0.379 e. The fourth-order valence-electron chi connectivity index (χ4n) is 2.56. The summed E-state index contributed by atoms with van der Waals surface area (Å²) in [7, 11) is 1.77. The van der Waals surface area contributed by atoms with E-state index in [9.17, 15) is 0 Å². The van der Waals surface area contributed by atoms with Crippen molar-refractivity contribution in [2.24, 2.45) is 11.8 Å². The topological polar surface area (TPSA) is 27.7 Å². The minimum atomic E-state index is 0.176. The lowest BCUT2D eigenvalue weighted by atomic mass is 9.77. The Balaban J connectivity index is 2.03. The Morgan fingerprint density at radius 1 is 1.21 bits per heavy atom. The SMILES string of the molecule is COC1CC(C(C)C)CC2OCOC12. The van der Waals surface area contributed by atoms with Gasteiger partial charge in [0, 0.05) is 7.11 Å². The Hall–Kier alpha value is -0.120. The van der Waals surface area contributed by atoms with Crippen LogP contribution in [0.15, 0.2) is 0 Å². The fourth-order valence-corrected chi connectivity index (χ4v) is 2.56. The molecule has 0 radical (unpaired) electrons. The zero-order valence-electron chi connectivity index (χ0n) is 9.23. The van der Waals surface area contributed by atoms with E-state index in [2.05, 4.69) is 13.8 Å². The van der Waals surface area contributed by atoms with Gasteiger partial charge in [-0.3, -0.25) is 0 Å². The molecular formula is C11H20O3. The van der Waals surface area contributed by atoms with E-state index >= 15 is 0 Å². The van der Waals surface area contributed by atoms with E-state index in [1.807, 2.05) is 0 Å². The van der Waals surface area contributed by atoms with E-state index in [-0.39, 0.29) is 18.3 Å². The second-order valence-electron chi connectivity index (χ2n) is 4.70. The summed E-state index contributed by atoms with van der Waals surface area (Å²) >= 11 is 0. The predicted octanol–water partition coefficient (Wildman–Crippen LogP) is 1.81. The van der Waals surface area contributed by atoms with Crippen molar-refractivity contribution in [3.8, 4) is 0 Å². The summed E-state index contributed by atoms with van der Waals surface area (Å²) in [4.78, 5) is 0. The van der Waals surface area contributed by atoms with Crippen molar-refractivity contribution < 1.29 is 14.2 Å². The highest BCUT2D eigenvalue weighted by atomic mass is 16.7. The van der Waals surface area contributed by atoms with Crippen molar-refractivity contribution in [1.82, 2.24) is 0 Å². The molecule has 0 aromatic heterocycles. The molecule has 4 atom stereocenters. The molecule has 0 N–H and O–H groups in total. The molecule has 82 valence electrons. The van der Waals surface area contributed by atoms with Crippen molar-refractivity contribution in [3.63, 3.8) is 0 Å². The normalized spacial score (nSPS) is 42.9. The standard InChI is InChI=1S/C11H20O3/c1-7(2)8-4-9(12-3)11-10(5-8)13-6-14-11/h7-11H,4-6H2,1-3H3. The van der Waals surface area contributed by atoms with Crippen LogP contribution in [0.25, 0.3) is 0 Å². The molecule has 1 saturated carbocycles. The Morgan fingerprint density at radius 2 is 2.00 bits per heavy atom. The summed E-state index contributed by atoms with van der Waals surface area (Å²) in [6.45, 7) is 4.99. The van der Waals surface area contributed by atoms with Gasteiger partial charge in [-0.25, -0.2) is 0 Å². The van der Waals surface area contributed by atoms with E-state index in [1.165, 1.54) is 0 Å². The lowest BCUT2D eigenvalue weighted by Gasteiger charge is -2.37. The van der Waals surface area contributed by atoms with E-state index in [0.717, 1.165) is 12.8 Å². The predicted molar refractivity (Wildman–Crippen MR) is 53.0 cm³/mol. The van der Waals surface area contributed by atoms with Gasteiger partial charge < -0.3 is 14.2 Å². The van der Waals surface area contributed by atoms with Gasteiger partial charge in [0.1, 0.15) is 12.9 Å². The summed E-state index contributed by atoms with van der Waals surface area (Å²) in [6.07, 6.45) is 2.90. The second-order valence-corrected chi connectivity index (χ2v) is 4.70. The maximum Gasteiger partial charge on any atom is 0.147 e. The van der Waals surface area contributed by atoms with Crippen molar-refractivity contribution in [2.75, 3.05) is 13.9 Å². The van der Waals surface area contributed by atoms with Gasteiger partial charge in [0.25, 0.3) is 0 Å². The van der Waals surface area contributed by atoms with Crippen LogP contribution >= 0.6 is 0 Å². The quantitative estimate of drug-likeness (QED) is 0.680. The molecule has 1 aliphatic carbocycles. The maximum atomic E-state index is 5.57. The highest BCUT2D eigenvalue weighted by Crippen LogP contribution is 2.37. The van der Waals surface area contributed by atoms with Crippen molar-refractivity contribution >= 4 is 0 Å². The third-order valence-electron chi connectivity index (χ3n) is 3.59. The van der Waals surface area contributed by atoms with Crippen LogP contribution in [0.1, 0.15) is 26.7 Å². The van der Waals surface area contributed by atoms with E-state index in [4.69, 9.17) is 14.2 Å². The summed E-state index contributed by atoms with van der Waals surface area (Å²) in [5, 5.41) is 0. The van der Waals surface area contributed by atoms with Gasteiger partial charge in [-0.1, -0.05) is 13.8 Å². The zero-order chi connectivity index (χ0) is 10.1. The Morgan fingerprint density at radius 3 is 2.64 bits per heavy atom. The largest absolute Gasteiger partial charge is 0.379 e. The molecule has 4 unspecified atom stereocenters. The minimum absolute atomic E-state index is 0.176. The summed E-state index contributed by atoms with van der Waals surface area (Å²) in [6, 6.07) is 0. The number of hydrogen-bond acceptors (Lipinski definition) is 3. The molecule has 2 rings (SSSR count). The van der Waals surface area contributed by atoms with Gasteiger partial charge in [0.15, 0.2) is 0 Å². The van der Waals surface area contributed by atoms with Crippen LogP contribution in [0.2, 0.25) is 0 Å². The van der Waals surface area contributed by atoms with Crippen LogP contribution in [0.3, 0.4) is 0 Å². The average molecular weight is 200 g/mol. The molecule has 3 heteroatoms. The molecule has 14 heavy (non-hydrogen) atoms. The molecule has 0 spiro atoms. The average Bonchev–Trinajstić information content (AvgIpc) is 2.63. The monoisotopic (exact) mass is 200 g/mol. The van der Waals surface area contributed by atoms with E-state index in [0.29, 0.717) is 18.6 Å². The second kappa shape index (κ2) is 4.17. The van der Waals surface area contributed by atoms with Gasteiger partial charge in [0.05, 0.1) is 12.2 Å². The summed E-state index contributed by atoms with van der Waals surface area (Å²) in [5.41, 5.74) is 0. The lowest BCUT2D eigenvalue weighted by Crippen LogP contribution is -2.44. The Labute approximate surface area is 85.7 Å². The number of fused-ring (bicyclic) bond motifs is 1. The third kappa shape index (κ3) is 1.81. The van der Waals surface area contributed by atoms with Crippen LogP contribution in [-0.2, 0) is 14.2 Å². The number of ether oxygens (including phenoxy) is 3. The molecule has 3 nitrogen and oxygen atoms in total. The number of hydrogen-bond donors (Lipinski definition) is 0. The van der Waals surface area contributed by atoms with Crippen LogP contribution in [0, 0.1) is 11.8 Å². The summed E-state index contributed by atoms with van der Waals surface area (Å²) in [5.74, 6) is 1.42. The van der Waals surface area contributed by atoms with E-state index < -0.39 is 0 Å². The van der Waals surface area contributed by atoms with Crippen molar-refractivity contribution in [1.29, 1.82) is 0 Å². The highest BCUT2D eigenvalue weighted by molar-refractivity contribution is 4.91. The fraction of sp³-hybridized carbons (Fsp3) is 1.00. The van der Waals surface area contributed by atoms with Gasteiger partial charge >= 0.3 is 0 Å². The maximum absolute atomic E-state index is 5.57. The first kappa shape index (κ1) is 10.4. The summed E-state index contributed by atoms with van der Waals surface area (Å²) < 4.78 is 16.6. The van der Waals surface area contributed by atoms with Crippen molar-refractivity contribution in [2.45, 2.75) is 45.0 Å². The lowest BCUT2D eigenvalue weighted by molar-refractivity contribution is -0.0681. The van der Waals surface area contributed by atoms with Gasteiger partial charge in [-0.15, -0.1) is 0 Å². The molecule has 1 aliphatic heterocycles. The van der Waals surface area contributed by atoms with Crippen LogP contribution in [0.4, 0.5) is 0 Å². The highest BCUT2D eigenvalue weighted by Gasteiger charge is 2.43. The molecule has 0 aromatic rings.